The summed E-state index contributed by atoms with van der Waals surface area (Å²) in [6.45, 7) is 8.36. The zero-order valence-electron chi connectivity index (χ0n) is 12.1. The van der Waals surface area contributed by atoms with Crippen LogP contribution < -0.4 is 0 Å². The van der Waals surface area contributed by atoms with Gasteiger partial charge in [-0.1, -0.05) is 39.8 Å². The van der Waals surface area contributed by atoms with Crippen LogP contribution in [0.5, 0.6) is 5.75 Å². The van der Waals surface area contributed by atoms with Gasteiger partial charge in [-0.2, -0.15) is 0 Å². The van der Waals surface area contributed by atoms with Gasteiger partial charge < -0.3 is 14.9 Å². The van der Waals surface area contributed by atoms with E-state index in [-0.39, 0.29) is 17.8 Å². The molecule has 1 aromatic carbocycles. The van der Waals surface area contributed by atoms with Crippen molar-refractivity contribution >= 4 is 0 Å². The highest BCUT2D eigenvalue weighted by Gasteiger charge is 2.49. The molecular weight excluding hydrogens is 240 g/mol. The maximum absolute atomic E-state index is 11.0. The summed E-state index contributed by atoms with van der Waals surface area (Å²) < 4.78 is 5.98. The Kier molecular flexibility index (Phi) is 3.88. The first kappa shape index (κ1) is 14.4. The van der Waals surface area contributed by atoms with Crippen LogP contribution in [-0.4, -0.2) is 16.3 Å². The Morgan fingerprint density at radius 1 is 1.16 bits per heavy atom. The molecule has 3 nitrogen and oxygen atoms in total. The van der Waals surface area contributed by atoms with Gasteiger partial charge >= 0.3 is 0 Å². The van der Waals surface area contributed by atoms with E-state index in [9.17, 15) is 10.2 Å². The van der Waals surface area contributed by atoms with E-state index in [1.54, 1.807) is 18.2 Å². The van der Waals surface area contributed by atoms with Gasteiger partial charge in [0.2, 0.25) is 0 Å². The quantitative estimate of drug-likeness (QED) is 0.862. The molecule has 0 aromatic heterocycles. The number of phenols is 1. The van der Waals surface area contributed by atoms with Crippen molar-refractivity contribution in [3.05, 3.63) is 29.8 Å². The first-order valence-corrected chi connectivity index (χ1v) is 7.10. The molecule has 0 spiro atoms. The van der Waals surface area contributed by atoms with Gasteiger partial charge in [-0.05, 0) is 30.4 Å². The molecular formula is C16H24O3. The van der Waals surface area contributed by atoms with Crippen LogP contribution in [0, 0.1) is 17.8 Å². The molecule has 1 fully saturated rings. The molecule has 1 aromatic rings. The molecule has 1 saturated heterocycles. The molecule has 1 aliphatic rings. The Morgan fingerprint density at radius 2 is 1.79 bits per heavy atom. The summed E-state index contributed by atoms with van der Waals surface area (Å²) in [5, 5.41) is 21.0. The highest BCUT2D eigenvalue weighted by atomic mass is 16.6. The van der Waals surface area contributed by atoms with E-state index in [0.717, 1.165) is 6.42 Å². The zero-order valence-corrected chi connectivity index (χ0v) is 12.1. The van der Waals surface area contributed by atoms with E-state index in [4.69, 9.17) is 4.74 Å². The number of benzene rings is 1. The van der Waals surface area contributed by atoms with E-state index in [1.807, 2.05) is 13.0 Å². The number of rotatable bonds is 2. The van der Waals surface area contributed by atoms with Crippen molar-refractivity contribution in [2.75, 3.05) is 0 Å². The summed E-state index contributed by atoms with van der Waals surface area (Å²) in [5.74, 6) is -0.667. The second-order valence-electron chi connectivity index (χ2n) is 5.79. The third-order valence-corrected chi connectivity index (χ3v) is 4.85. The molecule has 5 atom stereocenters. The molecule has 0 unspecified atom stereocenters. The Hall–Kier alpha value is -1.06. The lowest BCUT2D eigenvalue weighted by Gasteiger charge is -2.49. The fourth-order valence-corrected chi connectivity index (χ4v) is 3.14. The van der Waals surface area contributed by atoms with Crippen LogP contribution in [0.25, 0.3) is 0 Å². The Balaban J connectivity index is 2.44. The van der Waals surface area contributed by atoms with Gasteiger partial charge in [0.1, 0.15) is 5.75 Å². The molecule has 3 heteroatoms. The average molecular weight is 264 g/mol. The van der Waals surface area contributed by atoms with Gasteiger partial charge in [-0.15, -0.1) is 0 Å². The maximum Gasteiger partial charge on any atom is 0.199 e. The van der Waals surface area contributed by atoms with Gasteiger partial charge in [-0.3, -0.25) is 0 Å². The summed E-state index contributed by atoms with van der Waals surface area (Å²) in [5.41, 5.74) is 0.472. The minimum absolute atomic E-state index is 0.0100. The number of ether oxygens (including phenoxy) is 1. The Morgan fingerprint density at radius 3 is 2.37 bits per heavy atom. The lowest BCUT2D eigenvalue weighted by atomic mass is 9.72. The number of hydrogen-bond acceptors (Lipinski definition) is 3. The normalized spacial score (nSPS) is 39.2. The second kappa shape index (κ2) is 5.14. The largest absolute Gasteiger partial charge is 0.507 e. The molecule has 2 rings (SSSR count). The third-order valence-electron chi connectivity index (χ3n) is 4.85. The smallest absolute Gasteiger partial charge is 0.199 e. The average Bonchev–Trinajstić information content (AvgIpc) is 2.41. The summed E-state index contributed by atoms with van der Waals surface area (Å²) in [4.78, 5) is 0. The molecule has 2 N–H and O–H groups in total. The van der Waals surface area contributed by atoms with E-state index in [2.05, 4.69) is 20.8 Å². The van der Waals surface area contributed by atoms with Crippen LogP contribution in [0.3, 0.4) is 0 Å². The van der Waals surface area contributed by atoms with Crippen molar-refractivity contribution in [1.29, 1.82) is 0 Å². The maximum atomic E-state index is 11.0. The van der Waals surface area contributed by atoms with Crippen LogP contribution >= 0.6 is 0 Å². The van der Waals surface area contributed by atoms with Crippen LogP contribution in [0.15, 0.2) is 24.3 Å². The summed E-state index contributed by atoms with van der Waals surface area (Å²) in [7, 11) is 0. The molecule has 1 heterocycles. The van der Waals surface area contributed by atoms with Crippen molar-refractivity contribution in [2.24, 2.45) is 17.8 Å². The zero-order chi connectivity index (χ0) is 14.2. The molecule has 0 aliphatic carbocycles. The van der Waals surface area contributed by atoms with Crippen molar-refractivity contribution in [1.82, 2.24) is 0 Å². The van der Waals surface area contributed by atoms with E-state index < -0.39 is 5.79 Å². The summed E-state index contributed by atoms with van der Waals surface area (Å²) >= 11 is 0. The molecule has 0 amide bonds. The Labute approximate surface area is 115 Å². The highest BCUT2D eigenvalue weighted by Crippen LogP contribution is 2.48. The van der Waals surface area contributed by atoms with Crippen molar-refractivity contribution in [3.8, 4) is 5.75 Å². The van der Waals surface area contributed by atoms with Crippen molar-refractivity contribution < 1.29 is 14.9 Å². The lowest BCUT2D eigenvalue weighted by Crippen LogP contribution is -2.51. The first-order chi connectivity index (χ1) is 8.91. The van der Waals surface area contributed by atoms with Gasteiger partial charge in [0, 0.05) is 5.92 Å². The Bertz CT molecular complexity index is 443. The SMILES string of the molecule is CC[C@H]1O[C@@](O)(c2ccccc2O)[C@H](C)[C@@H](C)[C@@H]1C. The van der Waals surface area contributed by atoms with E-state index in [0.29, 0.717) is 17.4 Å². The van der Waals surface area contributed by atoms with E-state index in [1.165, 1.54) is 0 Å². The van der Waals surface area contributed by atoms with Crippen molar-refractivity contribution in [3.63, 3.8) is 0 Å². The fraction of sp³-hybridized carbons (Fsp3) is 0.625. The molecule has 0 radical (unpaired) electrons. The van der Waals surface area contributed by atoms with Gasteiger partial charge in [-0.25, -0.2) is 0 Å². The molecule has 0 bridgehead atoms. The molecule has 1 aliphatic heterocycles. The third kappa shape index (κ3) is 2.26. The summed E-state index contributed by atoms with van der Waals surface area (Å²) in [6, 6.07) is 6.89. The van der Waals surface area contributed by atoms with Gasteiger partial charge in [0.05, 0.1) is 11.7 Å². The first-order valence-electron chi connectivity index (χ1n) is 7.10. The lowest BCUT2D eigenvalue weighted by molar-refractivity contribution is -0.317. The molecule has 0 saturated carbocycles. The number of hydrogen-bond donors (Lipinski definition) is 2. The number of phenolic OH excluding ortho intramolecular Hbond substituents is 1. The highest BCUT2D eigenvalue weighted by molar-refractivity contribution is 5.36. The predicted octanol–water partition coefficient (Wildman–Crippen LogP) is 3.25. The molecule has 19 heavy (non-hydrogen) atoms. The van der Waals surface area contributed by atoms with Gasteiger partial charge in [0.25, 0.3) is 0 Å². The van der Waals surface area contributed by atoms with Gasteiger partial charge in [0.15, 0.2) is 5.79 Å². The predicted molar refractivity (Wildman–Crippen MR) is 74.7 cm³/mol. The van der Waals surface area contributed by atoms with E-state index >= 15 is 0 Å². The van der Waals surface area contributed by atoms with Crippen LogP contribution in [-0.2, 0) is 10.5 Å². The number of aliphatic hydroxyl groups is 1. The molecule has 106 valence electrons. The van der Waals surface area contributed by atoms with Crippen LogP contribution in [0.4, 0.5) is 0 Å². The standard InChI is InChI=1S/C16H24O3/c1-5-15-11(3)10(2)12(4)16(18,19-15)13-8-6-7-9-14(13)17/h6-12,15,17-18H,5H2,1-4H3/t10-,11-,12+,15+,16+/m0/s1. The van der Waals surface area contributed by atoms with Crippen LogP contribution in [0.1, 0.15) is 39.7 Å². The van der Waals surface area contributed by atoms with Crippen LogP contribution in [0.2, 0.25) is 0 Å². The minimum Gasteiger partial charge on any atom is -0.507 e. The van der Waals surface area contributed by atoms with Crippen molar-refractivity contribution in [2.45, 2.75) is 46.0 Å². The monoisotopic (exact) mass is 264 g/mol. The second-order valence-corrected chi connectivity index (χ2v) is 5.79. The number of para-hydroxylation sites is 1. The minimum atomic E-state index is -1.40. The topological polar surface area (TPSA) is 49.7 Å². The fourth-order valence-electron chi connectivity index (χ4n) is 3.14. The number of aromatic hydroxyl groups is 1. The summed E-state index contributed by atoms with van der Waals surface area (Å²) in [6.07, 6.45) is 0.865.